The lowest BCUT2D eigenvalue weighted by molar-refractivity contribution is 0.419. The van der Waals surface area contributed by atoms with Crippen molar-refractivity contribution in [2.45, 2.75) is 39.5 Å². The van der Waals surface area contributed by atoms with E-state index in [4.69, 9.17) is 5.40 Å². The van der Waals surface area contributed by atoms with Gasteiger partial charge in [0.2, 0.25) is 0 Å². The minimum Gasteiger partial charge on any atom is -0.344 e. The van der Waals surface area contributed by atoms with Crippen molar-refractivity contribution in [2.75, 3.05) is 13.1 Å². The normalized spacial score (nSPS) is 12.0. The zero-order valence-electron chi connectivity index (χ0n) is 7.97. The van der Waals surface area contributed by atoms with Gasteiger partial charge < -0.3 is 9.96 Å². The highest BCUT2D eigenvalue weighted by Gasteiger charge is 1.99. The third kappa shape index (κ3) is 6.53. The predicted octanol–water partition coefficient (Wildman–Crippen LogP) is 0.846. The fourth-order valence-electron chi connectivity index (χ4n) is 1.06. The van der Waals surface area contributed by atoms with Gasteiger partial charge in [0.1, 0.15) is 0 Å². The standard InChI is InChI=1S/C8H22N2Si/c1-3-5-7-10(11-9)8-6-4-2/h3-9,11H2,1-2H3. The van der Waals surface area contributed by atoms with E-state index < -0.39 is 0 Å². The molecule has 2 nitrogen and oxygen atoms in total. The van der Waals surface area contributed by atoms with Gasteiger partial charge in [-0.2, -0.15) is 0 Å². The van der Waals surface area contributed by atoms with Crippen LogP contribution in [0.15, 0.2) is 0 Å². The van der Waals surface area contributed by atoms with Gasteiger partial charge in [0.25, 0.3) is 0 Å². The van der Waals surface area contributed by atoms with Crippen LogP contribution in [-0.4, -0.2) is 27.5 Å². The highest BCUT2D eigenvalue weighted by Crippen LogP contribution is 1.95. The Kier molecular flexibility index (Phi) is 8.34. The maximum absolute atomic E-state index is 5.72. The van der Waals surface area contributed by atoms with Crippen molar-refractivity contribution in [2.24, 2.45) is 5.40 Å². The van der Waals surface area contributed by atoms with Crippen molar-refractivity contribution in [1.29, 1.82) is 0 Å². The molecule has 0 aromatic rings. The van der Waals surface area contributed by atoms with Crippen LogP contribution in [0, 0.1) is 0 Å². The number of nitrogens with zero attached hydrogens (tertiary/aromatic N) is 1. The van der Waals surface area contributed by atoms with E-state index in [1.165, 1.54) is 38.8 Å². The summed E-state index contributed by atoms with van der Waals surface area (Å²) in [5.74, 6) is 0. The lowest BCUT2D eigenvalue weighted by atomic mass is 10.3. The summed E-state index contributed by atoms with van der Waals surface area (Å²) >= 11 is 0. The van der Waals surface area contributed by atoms with Crippen molar-refractivity contribution in [3.8, 4) is 0 Å². The molecule has 3 heteroatoms. The average Bonchev–Trinajstić information content (AvgIpc) is 2.05. The van der Waals surface area contributed by atoms with Gasteiger partial charge in [-0.05, 0) is 25.9 Å². The fourth-order valence-corrected chi connectivity index (χ4v) is 1.87. The Morgan fingerprint density at radius 3 is 1.82 bits per heavy atom. The van der Waals surface area contributed by atoms with Gasteiger partial charge in [0.05, 0.1) is 0 Å². The summed E-state index contributed by atoms with van der Waals surface area (Å²) in [7, 11) is -0.379. The summed E-state index contributed by atoms with van der Waals surface area (Å²) < 4.78 is 2.47. The number of rotatable bonds is 7. The number of hydrogen-bond donors (Lipinski definition) is 1. The van der Waals surface area contributed by atoms with Crippen LogP contribution < -0.4 is 5.40 Å². The van der Waals surface area contributed by atoms with Gasteiger partial charge in [-0.15, -0.1) is 0 Å². The van der Waals surface area contributed by atoms with Crippen LogP contribution in [0.5, 0.6) is 0 Å². The van der Waals surface area contributed by atoms with E-state index in [2.05, 4.69) is 18.4 Å². The Bertz CT molecular complexity index is 70.5. The quantitative estimate of drug-likeness (QED) is 0.580. The first-order valence-corrected chi connectivity index (χ1v) is 6.22. The topological polar surface area (TPSA) is 29.3 Å². The second-order valence-electron chi connectivity index (χ2n) is 3.01. The smallest absolute Gasteiger partial charge is 0.167 e. The van der Waals surface area contributed by atoms with E-state index in [9.17, 15) is 0 Å². The third-order valence-corrected chi connectivity index (χ3v) is 3.06. The number of unbranched alkanes of at least 4 members (excludes halogenated alkanes) is 2. The lowest BCUT2D eigenvalue weighted by Gasteiger charge is -2.18. The van der Waals surface area contributed by atoms with E-state index in [-0.39, 0.29) is 9.84 Å². The molecule has 0 radical (unpaired) electrons. The molecule has 0 heterocycles. The Labute approximate surface area is 73.1 Å². The molecule has 0 atom stereocenters. The van der Waals surface area contributed by atoms with Crippen LogP contribution in [0.4, 0.5) is 0 Å². The predicted molar refractivity (Wildman–Crippen MR) is 54.1 cm³/mol. The van der Waals surface area contributed by atoms with E-state index in [0.717, 1.165) is 0 Å². The molecule has 11 heavy (non-hydrogen) atoms. The zero-order chi connectivity index (χ0) is 8.53. The lowest BCUT2D eigenvalue weighted by Crippen LogP contribution is -2.35. The molecule has 0 aromatic carbocycles. The van der Waals surface area contributed by atoms with Crippen LogP contribution in [0.25, 0.3) is 0 Å². The number of nitrogens with two attached hydrogens (primary N) is 1. The molecule has 0 bridgehead atoms. The Morgan fingerprint density at radius 2 is 1.55 bits per heavy atom. The van der Waals surface area contributed by atoms with Crippen LogP contribution in [0.3, 0.4) is 0 Å². The van der Waals surface area contributed by atoms with E-state index >= 15 is 0 Å². The molecule has 0 rings (SSSR count). The molecule has 2 N–H and O–H groups in total. The van der Waals surface area contributed by atoms with Crippen LogP contribution >= 0.6 is 0 Å². The van der Waals surface area contributed by atoms with E-state index in [0.29, 0.717) is 0 Å². The SMILES string of the molecule is CCCCN(CCCC)[SiH2]N. The average molecular weight is 174 g/mol. The molecule has 0 aliphatic carbocycles. The summed E-state index contributed by atoms with van der Waals surface area (Å²) in [5, 5.41) is 5.72. The molecule has 0 aromatic heterocycles. The monoisotopic (exact) mass is 174 g/mol. The van der Waals surface area contributed by atoms with Crippen molar-refractivity contribution in [3.63, 3.8) is 0 Å². The molecule has 0 aliphatic heterocycles. The second-order valence-corrected chi connectivity index (χ2v) is 4.27. The first-order valence-electron chi connectivity index (χ1n) is 4.77. The van der Waals surface area contributed by atoms with Crippen molar-refractivity contribution in [3.05, 3.63) is 0 Å². The fraction of sp³-hybridized carbons (Fsp3) is 1.00. The number of hydrogen-bond acceptors (Lipinski definition) is 2. The molecular weight excluding hydrogens is 152 g/mol. The van der Waals surface area contributed by atoms with Crippen LogP contribution in [0.2, 0.25) is 0 Å². The Balaban J connectivity index is 3.25. The molecule has 0 unspecified atom stereocenters. The first kappa shape index (κ1) is 11.1. The summed E-state index contributed by atoms with van der Waals surface area (Å²) in [6.45, 7) is 6.94. The van der Waals surface area contributed by atoms with Crippen LogP contribution in [0.1, 0.15) is 39.5 Å². The Morgan fingerprint density at radius 1 is 1.09 bits per heavy atom. The van der Waals surface area contributed by atoms with Gasteiger partial charge in [-0.1, -0.05) is 26.7 Å². The molecule has 0 saturated carbocycles. The molecule has 0 saturated heterocycles. The summed E-state index contributed by atoms with van der Waals surface area (Å²) in [6, 6.07) is 0. The molecule has 0 fully saturated rings. The summed E-state index contributed by atoms with van der Waals surface area (Å²) in [5.41, 5.74) is 0. The highest BCUT2D eigenvalue weighted by molar-refractivity contribution is 6.27. The molecular formula is C8H22N2Si. The van der Waals surface area contributed by atoms with Gasteiger partial charge in [-0.25, -0.2) is 0 Å². The molecule has 68 valence electrons. The first-order chi connectivity index (χ1) is 5.35. The summed E-state index contributed by atoms with van der Waals surface area (Å²) in [4.78, 5) is 0. The van der Waals surface area contributed by atoms with Crippen LogP contribution in [-0.2, 0) is 0 Å². The van der Waals surface area contributed by atoms with Crippen molar-refractivity contribution >= 4 is 9.84 Å². The molecule has 0 aliphatic rings. The summed E-state index contributed by atoms with van der Waals surface area (Å²) in [6.07, 6.45) is 5.20. The highest BCUT2D eigenvalue weighted by atomic mass is 28.2. The maximum atomic E-state index is 5.72. The van der Waals surface area contributed by atoms with E-state index in [1.54, 1.807) is 0 Å². The van der Waals surface area contributed by atoms with Gasteiger partial charge in [0.15, 0.2) is 9.84 Å². The minimum atomic E-state index is -0.379. The van der Waals surface area contributed by atoms with Gasteiger partial charge >= 0.3 is 0 Å². The zero-order valence-corrected chi connectivity index (χ0v) is 9.39. The van der Waals surface area contributed by atoms with Gasteiger partial charge in [-0.3, -0.25) is 0 Å². The largest absolute Gasteiger partial charge is 0.344 e. The Hall–Kier alpha value is 0.137. The van der Waals surface area contributed by atoms with Crippen molar-refractivity contribution < 1.29 is 0 Å². The maximum Gasteiger partial charge on any atom is 0.167 e. The molecule has 0 amide bonds. The van der Waals surface area contributed by atoms with E-state index in [1.807, 2.05) is 0 Å². The van der Waals surface area contributed by atoms with Gasteiger partial charge in [0, 0.05) is 0 Å². The third-order valence-electron chi connectivity index (χ3n) is 1.91. The van der Waals surface area contributed by atoms with Crippen molar-refractivity contribution in [1.82, 2.24) is 4.57 Å². The molecule has 0 spiro atoms. The second kappa shape index (κ2) is 8.24. The minimum absolute atomic E-state index is 0.379.